The first kappa shape index (κ1) is 94.5. The lowest BCUT2D eigenvalue weighted by Gasteiger charge is -2.22. The van der Waals surface area contributed by atoms with Crippen molar-refractivity contribution < 1.29 is 14.4 Å². The minimum absolute atomic E-state index is 0.175. The van der Waals surface area contributed by atoms with E-state index in [4.69, 9.17) is 0 Å². The van der Waals surface area contributed by atoms with Crippen molar-refractivity contribution in [1.82, 2.24) is 30.7 Å². The summed E-state index contributed by atoms with van der Waals surface area (Å²) >= 11 is 0. The lowest BCUT2D eigenvalue weighted by atomic mass is 10.2. The maximum absolute atomic E-state index is 12.4. The number of rotatable bonds is 60. The summed E-state index contributed by atoms with van der Waals surface area (Å²) in [5.41, 5.74) is 0. The first-order chi connectivity index (χ1) is 45.3. The number of carbonyl (C=O) groups excluding carboxylic acids is 3. The van der Waals surface area contributed by atoms with Crippen LogP contribution in [0.1, 0.15) is 215 Å². The number of hydrogen-bond donors (Lipinski definition) is 3. The summed E-state index contributed by atoms with van der Waals surface area (Å²) in [7, 11) is 23.8. The van der Waals surface area contributed by atoms with Gasteiger partial charge in [-0.25, -0.2) is 0 Å². The number of amides is 3. The Hall–Kier alpha value is -2.73. The van der Waals surface area contributed by atoms with Gasteiger partial charge in [-0.1, -0.05) is 252 Å². The monoisotopic (exact) mass is 1400 g/mol. The summed E-state index contributed by atoms with van der Waals surface area (Å²) in [5, 5.41) is 9.70. The Balaban J connectivity index is -0.00000133. The van der Waals surface area contributed by atoms with Crippen LogP contribution in [0.4, 0.5) is 0 Å². The maximum Gasteiger partial charge on any atom is 0.220 e. The summed E-state index contributed by atoms with van der Waals surface area (Å²) in [5.74, 6) is 6.88. The largest absolute Gasteiger partial charge is 0.351 e. The number of likely N-dealkylation sites (N-methyl/N-ethyl adjacent to an activating group) is 3. The van der Waals surface area contributed by atoms with E-state index in [9.17, 15) is 14.4 Å². The minimum Gasteiger partial charge on any atom is -0.351 e. The molecule has 3 atom stereocenters. The van der Waals surface area contributed by atoms with E-state index in [0.29, 0.717) is 19.3 Å². The van der Waals surface area contributed by atoms with Crippen molar-refractivity contribution in [3.05, 3.63) is 146 Å². The Morgan fingerprint density at radius 3 is 0.699 bits per heavy atom. The molecule has 93 heavy (non-hydrogen) atoms. The van der Waals surface area contributed by atoms with Crippen LogP contribution in [-0.2, 0) is 14.4 Å². The minimum atomic E-state index is 0.175. The predicted molar refractivity (Wildman–Crippen MR) is 435 cm³/mol. The van der Waals surface area contributed by atoms with E-state index in [2.05, 4.69) is 260 Å². The van der Waals surface area contributed by atoms with Crippen molar-refractivity contribution in [1.29, 1.82) is 0 Å². The molecule has 0 bridgehead atoms. The molecule has 0 aliphatic rings. The van der Waals surface area contributed by atoms with Crippen molar-refractivity contribution in [2.24, 2.45) is 0 Å². The molecular formula is C78H138N6O3S6. The Kier molecular flexibility index (Phi) is 81.2. The predicted octanol–water partition coefficient (Wildman–Crippen LogP) is 21.6. The van der Waals surface area contributed by atoms with Crippen molar-refractivity contribution >= 4 is 82.5 Å². The molecule has 0 aliphatic heterocycles. The highest BCUT2D eigenvalue weighted by molar-refractivity contribution is 8.77. The van der Waals surface area contributed by atoms with Crippen molar-refractivity contribution in [3.63, 3.8) is 0 Å². The van der Waals surface area contributed by atoms with Gasteiger partial charge in [-0.05, 0) is 196 Å². The average molecular weight is 1400 g/mol. The zero-order chi connectivity index (χ0) is 69.0. The van der Waals surface area contributed by atoms with Crippen LogP contribution in [-0.4, -0.2) is 147 Å². The van der Waals surface area contributed by atoms with Gasteiger partial charge >= 0.3 is 0 Å². The number of allylic oxidation sites excluding steroid dienone is 24. The Bertz CT molecular complexity index is 2030. The maximum atomic E-state index is 12.4. The van der Waals surface area contributed by atoms with Gasteiger partial charge in [0.2, 0.25) is 17.7 Å². The van der Waals surface area contributed by atoms with Gasteiger partial charge in [-0.3, -0.25) is 14.4 Å². The fourth-order valence-electron chi connectivity index (χ4n) is 8.46. The summed E-state index contributed by atoms with van der Waals surface area (Å²) < 4.78 is 0. The van der Waals surface area contributed by atoms with Gasteiger partial charge in [-0.2, -0.15) is 0 Å². The summed E-state index contributed by atoms with van der Waals surface area (Å²) in [6, 6.07) is 0.632. The molecule has 0 radical (unpaired) electrons. The second-order valence-corrected chi connectivity index (χ2v) is 31.4. The third-order valence-electron chi connectivity index (χ3n) is 13.1. The van der Waals surface area contributed by atoms with Crippen LogP contribution in [0, 0.1) is 0 Å². The highest BCUT2D eigenvalue weighted by atomic mass is 33.1. The molecule has 0 aromatic heterocycles. The number of carbonyl (C=O) groups is 3. The van der Waals surface area contributed by atoms with E-state index in [1.807, 2.05) is 64.8 Å². The molecule has 0 aliphatic carbocycles. The highest BCUT2D eigenvalue weighted by Crippen LogP contribution is 2.26. The number of nitrogens with zero attached hydrogens (tertiary/aromatic N) is 3. The highest BCUT2D eigenvalue weighted by Gasteiger charge is 2.16. The molecule has 3 unspecified atom stereocenters. The van der Waals surface area contributed by atoms with E-state index < -0.39 is 0 Å². The smallest absolute Gasteiger partial charge is 0.220 e. The van der Waals surface area contributed by atoms with Crippen LogP contribution in [0.3, 0.4) is 0 Å². The molecule has 0 aromatic carbocycles. The Labute approximate surface area is 598 Å². The van der Waals surface area contributed by atoms with Gasteiger partial charge in [0.15, 0.2) is 0 Å². The van der Waals surface area contributed by atoms with Gasteiger partial charge in [0, 0.05) is 73.4 Å². The molecule has 0 aromatic rings. The van der Waals surface area contributed by atoms with Crippen LogP contribution in [0.5, 0.6) is 0 Å². The summed E-state index contributed by atoms with van der Waals surface area (Å²) in [6.45, 7) is 15.6. The lowest BCUT2D eigenvalue weighted by Crippen LogP contribution is -2.43. The zero-order valence-electron chi connectivity index (χ0n) is 61.1. The molecule has 0 saturated carbocycles. The second-order valence-electron chi connectivity index (χ2n) is 23.5. The van der Waals surface area contributed by atoms with Crippen LogP contribution in [0.15, 0.2) is 146 Å². The van der Waals surface area contributed by atoms with Crippen LogP contribution >= 0.6 is 64.8 Å². The van der Waals surface area contributed by atoms with Gasteiger partial charge in [0.1, 0.15) is 0 Å². The SMILES string of the molecule is CC/C=C/C/C=C/C/C=C/CCCSSCC(CN(C)C)NC(=O)CCC/C=C/C/C=C/C/C=C/CC.CC/C=C/C/C=C/CCCSSCC(CN(C)C)NC(=O)CCC/C=C/C/C=C/CC.CC/C=C/CCCSSCC(CN(C)C)NC(=O)CCC/C=C/CC. The van der Waals surface area contributed by atoms with Gasteiger partial charge in [-0.15, -0.1) is 0 Å². The van der Waals surface area contributed by atoms with Crippen molar-refractivity contribution in [3.8, 4) is 0 Å². The Morgan fingerprint density at radius 1 is 0.280 bits per heavy atom. The molecule has 15 heteroatoms. The Morgan fingerprint density at radius 2 is 0.473 bits per heavy atom. The first-order valence-electron chi connectivity index (χ1n) is 35.6. The summed E-state index contributed by atoms with van der Waals surface area (Å²) in [6.07, 6.45) is 80.5. The molecule has 0 heterocycles. The fourth-order valence-corrected chi connectivity index (χ4v) is 15.5. The lowest BCUT2D eigenvalue weighted by molar-refractivity contribution is -0.122. The molecule has 9 nitrogen and oxygen atoms in total. The summed E-state index contributed by atoms with van der Waals surface area (Å²) in [4.78, 5) is 43.3. The van der Waals surface area contributed by atoms with Gasteiger partial charge in [0.25, 0.3) is 0 Å². The number of hydrogen-bond acceptors (Lipinski definition) is 12. The first-order valence-corrected chi connectivity index (χ1v) is 43.1. The standard InChI is InChI=1S/C32H54N2OS2.C26H46N2OS2.C20H38N2OS2/c1-5-7-9-11-13-15-17-19-21-23-25-27-32(35)33-31(29-34(3)4)30-37-36-28-26-24-22-20-18-16-14-12-10-8-6-2;1-5-7-9-11-13-15-17-19-21-26(29)27-25(23-28(3)4)24-31-30-22-20-18-16-14-12-10-8-6-2;1-5-7-9-11-13-15-20(23)21-19(17-22(3)4)18-25-24-16-14-12-10-8-6-2/h7-10,13-16,19-22,31H,5-6,11-12,17-18,23-30H2,1-4H3,(H,33,35);7-10,13-16,25H,5-6,11-12,17-24H2,1-4H3,(H,27,29);7-10,19H,5-6,11-18H2,1-4H3,(H,21,23)/b9-7+,10-8+,15-13+,16-14+,21-19+,22-20+;9-7+,10-8+,15-13+,16-14+;9-7+,10-8+. The van der Waals surface area contributed by atoms with E-state index >= 15 is 0 Å². The fraction of sp³-hybridized carbons (Fsp3) is 0.654. The van der Waals surface area contributed by atoms with E-state index in [1.54, 1.807) is 0 Å². The quantitative estimate of drug-likeness (QED) is 0.0307. The van der Waals surface area contributed by atoms with Crippen molar-refractivity contribution in [2.75, 3.05) is 96.4 Å². The molecular weight excluding hydrogens is 1260 g/mol. The van der Waals surface area contributed by atoms with Gasteiger partial charge in [0.05, 0.1) is 18.1 Å². The van der Waals surface area contributed by atoms with E-state index in [-0.39, 0.29) is 35.8 Å². The molecule has 534 valence electrons. The van der Waals surface area contributed by atoms with Crippen LogP contribution < -0.4 is 16.0 Å². The molecule has 3 N–H and O–H groups in total. The topological polar surface area (TPSA) is 97.0 Å². The second kappa shape index (κ2) is 80.0. The van der Waals surface area contributed by atoms with Crippen molar-refractivity contribution in [2.45, 2.75) is 233 Å². The van der Waals surface area contributed by atoms with Crippen LogP contribution in [0.25, 0.3) is 0 Å². The van der Waals surface area contributed by atoms with E-state index in [0.717, 1.165) is 177 Å². The normalized spacial score (nSPS) is 13.5. The third-order valence-corrected chi connectivity index (χ3v) is 20.8. The molecule has 0 fully saturated rings. The van der Waals surface area contributed by atoms with Crippen LogP contribution in [0.2, 0.25) is 0 Å². The van der Waals surface area contributed by atoms with Gasteiger partial charge < -0.3 is 30.7 Å². The third kappa shape index (κ3) is 83.4. The molecule has 3 amide bonds. The van der Waals surface area contributed by atoms with E-state index in [1.165, 1.54) is 31.4 Å². The zero-order valence-corrected chi connectivity index (χ0v) is 66.0. The number of nitrogens with one attached hydrogen (secondary N) is 3. The molecule has 0 spiro atoms. The average Bonchev–Trinajstić information content (AvgIpc) is 3.28. The molecule has 0 saturated heterocycles. The number of unbranched alkanes of at least 4 members (excludes halogenated alkanes) is 6. The molecule has 0 rings (SSSR count).